The average molecular weight is 800 g/mol. The Balaban J connectivity index is 2.00. The van der Waals surface area contributed by atoms with Crippen LogP contribution in [0, 0.1) is 0 Å². The third-order valence-electron chi connectivity index (χ3n) is 12.0. The van der Waals surface area contributed by atoms with Crippen molar-refractivity contribution in [2.45, 2.75) is 281 Å². The molecule has 0 aromatic carbocycles. The molecule has 0 aromatic heterocycles. The lowest BCUT2D eigenvalue weighted by Gasteiger charge is -2.40. The first-order valence-electron chi connectivity index (χ1n) is 24.2. The van der Waals surface area contributed by atoms with Crippen molar-refractivity contribution < 1.29 is 39.8 Å². The van der Waals surface area contributed by atoms with Crippen molar-refractivity contribution in [3.05, 3.63) is 0 Å². The van der Waals surface area contributed by atoms with Crippen LogP contribution in [0.2, 0.25) is 0 Å². The van der Waals surface area contributed by atoms with Gasteiger partial charge in [0, 0.05) is 6.42 Å². The van der Waals surface area contributed by atoms with E-state index in [1.54, 1.807) is 0 Å². The summed E-state index contributed by atoms with van der Waals surface area (Å²) in [6, 6.07) is -0.708. The fraction of sp³-hybridized carbons (Fsp3) is 0.979. The third-order valence-corrected chi connectivity index (χ3v) is 12.0. The minimum Gasteiger partial charge on any atom is -0.394 e. The van der Waals surface area contributed by atoms with E-state index >= 15 is 0 Å². The van der Waals surface area contributed by atoms with Crippen LogP contribution in [0.3, 0.4) is 0 Å². The molecule has 1 saturated heterocycles. The predicted octanol–water partition coefficient (Wildman–Crippen LogP) is 10.3. The molecule has 6 N–H and O–H groups in total. The van der Waals surface area contributed by atoms with Gasteiger partial charge in [0.05, 0.1) is 25.4 Å². The van der Waals surface area contributed by atoms with Crippen LogP contribution in [0.1, 0.15) is 239 Å². The van der Waals surface area contributed by atoms with E-state index in [9.17, 15) is 30.3 Å². The topological polar surface area (TPSA) is 149 Å². The molecule has 0 radical (unpaired) electrons. The third kappa shape index (κ3) is 28.6. The maximum atomic E-state index is 12.8. The van der Waals surface area contributed by atoms with Gasteiger partial charge in [-0.2, -0.15) is 0 Å². The van der Waals surface area contributed by atoms with Crippen molar-refractivity contribution in [1.82, 2.24) is 5.32 Å². The largest absolute Gasteiger partial charge is 0.394 e. The number of nitrogens with one attached hydrogen (secondary N) is 1. The molecule has 9 heteroatoms. The van der Waals surface area contributed by atoms with E-state index in [-0.39, 0.29) is 12.5 Å². The number of rotatable bonds is 41. The monoisotopic (exact) mass is 800 g/mol. The van der Waals surface area contributed by atoms with Crippen LogP contribution in [0.15, 0.2) is 0 Å². The molecule has 1 heterocycles. The Morgan fingerprint density at radius 1 is 0.536 bits per heavy atom. The van der Waals surface area contributed by atoms with E-state index in [0.717, 1.165) is 44.9 Å². The number of carbonyl (C=O) groups is 1. The van der Waals surface area contributed by atoms with Crippen molar-refractivity contribution in [3.8, 4) is 0 Å². The summed E-state index contributed by atoms with van der Waals surface area (Å²) < 4.78 is 11.1. The fourth-order valence-corrected chi connectivity index (χ4v) is 8.04. The summed E-state index contributed by atoms with van der Waals surface area (Å²) in [6.07, 6.45) is 36.4. The SMILES string of the molecule is CCCCCCCCCCCCCCCCCCCCCCCCCCCCCCCC(=O)NC(COC1OC(CO)C(O)C(O)C1O)C(O)CCCCCC. The van der Waals surface area contributed by atoms with Crippen LogP contribution in [0.5, 0.6) is 0 Å². The van der Waals surface area contributed by atoms with Gasteiger partial charge in [-0.15, -0.1) is 0 Å². The van der Waals surface area contributed by atoms with Crippen molar-refractivity contribution in [1.29, 1.82) is 0 Å². The predicted molar refractivity (Wildman–Crippen MR) is 231 cm³/mol. The summed E-state index contributed by atoms with van der Waals surface area (Å²) in [5.74, 6) is -0.148. The normalized spacial score (nSPS) is 21.0. The highest BCUT2D eigenvalue weighted by molar-refractivity contribution is 5.76. The van der Waals surface area contributed by atoms with Crippen molar-refractivity contribution in [3.63, 3.8) is 0 Å². The van der Waals surface area contributed by atoms with Crippen LogP contribution in [-0.4, -0.2) is 87.5 Å². The molecular weight excluding hydrogens is 707 g/mol. The summed E-state index contributed by atoms with van der Waals surface area (Å²) in [7, 11) is 0. The minimum absolute atomic E-state index is 0.136. The van der Waals surface area contributed by atoms with Crippen LogP contribution >= 0.6 is 0 Å². The summed E-state index contributed by atoms with van der Waals surface area (Å²) in [4.78, 5) is 12.8. The molecule has 0 saturated carbocycles. The van der Waals surface area contributed by atoms with Gasteiger partial charge in [0.1, 0.15) is 24.4 Å². The number of aliphatic hydroxyl groups excluding tert-OH is 5. The number of aliphatic hydroxyl groups is 5. The molecule has 334 valence electrons. The van der Waals surface area contributed by atoms with E-state index in [1.165, 1.54) is 167 Å². The highest BCUT2D eigenvalue weighted by atomic mass is 16.7. The van der Waals surface area contributed by atoms with E-state index in [2.05, 4.69) is 19.2 Å². The molecule has 7 unspecified atom stereocenters. The zero-order chi connectivity index (χ0) is 40.9. The second kappa shape index (κ2) is 38.4. The van der Waals surface area contributed by atoms with Crippen molar-refractivity contribution in [2.24, 2.45) is 0 Å². The lowest BCUT2D eigenvalue weighted by molar-refractivity contribution is -0.302. The molecule has 1 fully saturated rings. The first kappa shape index (κ1) is 53.2. The Bertz CT molecular complexity index is 847. The van der Waals surface area contributed by atoms with Gasteiger partial charge in [-0.05, 0) is 12.8 Å². The molecule has 1 aliphatic rings. The summed E-state index contributed by atoms with van der Waals surface area (Å²) in [5.41, 5.74) is 0. The summed E-state index contributed by atoms with van der Waals surface area (Å²) >= 11 is 0. The first-order valence-corrected chi connectivity index (χ1v) is 24.2. The number of carbonyl (C=O) groups excluding carboxylic acids is 1. The number of ether oxygens (including phenoxy) is 2. The molecule has 9 nitrogen and oxygen atoms in total. The van der Waals surface area contributed by atoms with Gasteiger partial charge >= 0.3 is 0 Å². The van der Waals surface area contributed by atoms with Gasteiger partial charge in [-0.1, -0.05) is 219 Å². The molecule has 1 amide bonds. The van der Waals surface area contributed by atoms with Gasteiger partial charge < -0.3 is 40.3 Å². The molecule has 1 aliphatic heterocycles. The fourth-order valence-electron chi connectivity index (χ4n) is 8.04. The molecule has 7 atom stereocenters. The van der Waals surface area contributed by atoms with Gasteiger partial charge in [-0.25, -0.2) is 0 Å². The molecule has 56 heavy (non-hydrogen) atoms. The molecule has 0 spiro atoms. The van der Waals surface area contributed by atoms with Crippen LogP contribution in [0.25, 0.3) is 0 Å². The van der Waals surface area contributed by atoms with Crippen molar-refractivity contribution >= 4 is 5.91 Å². The maximum Gasteiger partial charge on any atom is 0.220 e. The highest BCUT2D eigenvalue weighted by Crippen LogP contribution is 2.23. The number of amides is 1. The lowest BCUT2D eigenvalue weighted by atomic mass is 9.99. The minimum atomic E-state index is -1.55. The number of unbranched alkanes of at least 4 members (excludes halogenated alkanes) is 31. The summed E-state index contributed by atoms with van der Waals surface area (Å²) in [6.45, 7) is 3.73. The van der Waals surface area contributed by atoms with Crippen LogP contribution in [0.4, 0.5) is 0 Å². The van der Waals surface area contributed by atoms with Crippen LogP contribution < -0.4 is 5.32 Å². The van der Waals surface area contributed by atoms with Crippen LogP contribution in [-0.2, 0) is 14.3 Å². The maximum absolute atomic E-state index is 12.8. The quantitative estimate of drug-likeness (QED) is 0.0335. The number of hydrogen-bond donors (Lipinski definition) is 6. The Morgan fingerprint density at radius 3 is 1.27 bits per heavy atom. The zero-order valence-electron chi connectivity index (χ0n) is 36.7. The smallest absolute Gasteiger partial charge is 0.220 e. The van der Waals surface area contributed by atoms with E-state index in [4.69, 9.17) is 9.47 Å². The number of hydrogen-bond acceptors (Lipinski definition) is 8. The Kier molecular flexibility index (Phi) is 36.5. The van der Waals surface area contributed by atoms with Gasteiger partial charge in [0.25, 0.3) is 0 Å². The lowest BCUT2D eigenvalue weighted by Crippen LogP contribution is -2.60. The Labute approximate surface area is 344 Å². The molecule has 1 rings (SSSR count). The van der Waals surface area contributed by atoms with E-state index in [1.807, 2.05) is 0 Å². The Morgan fingerprint density at radius 2 is 0.893 bits per heavy atom. The van der Waals surface area contributed by atoms with Gasteiger partial charge in [-0.3, -0.25) is 4.79 Å². The molecular formula is C47H93NO8. The zero-order valence-corrected chi connectivity index (χ0v) is 36.7. The average Bonchev–Trinajstić information content (AvgIpc) is 3.20. The summed E-state index contributed by atoms with van der Waals surface area (Å²) in [5, 5.41) is 53.7. The van der Waals surface area contributed by atoms with Gasteiger partial charge in [0.15, 0.2) is 6.29 Å². The van der Waals surface area contributed by atoms with Crippen molar-refractivity contribution in [2.75, 3.05) is 13.2 Å². The molecule has 0 aliphatic carbocycles. The van der Waals surface area contributed by atoms with Gasteiger partial charge in [0.2, 0.25) is 5.91 Å². The highest BCUT2D eigenvalue weighted by Gasteiger charge is 2.44. The Hall–Kier alpha value is -0.810. The standard InChI is InChI=1S/C47H93NO8/c1-3-5-7-9-10-11-12-13-14-15-16-17-18-19-20-21-22-23-24-25-26-27-28-29-30-31-32-33-35-37-43(51)48-40(41(50)36-34-8-6-4-2)39-55-47-46(54)45(53)44(52)42(38-49)56-47/h40-42,44-47,49-50,52-54H,3-39H2,1-2H3,(H,48,51). The van der Waals surface area contributed by atoms with E-state index in [0.29, 0.717) is 12.8 Å². The second-order valence-electron chi connectivity index (χ2n) is 17.3. The second-order valence-corrected chi connectivity index (χ2v) is 17.3. The molecule has 0 aromatic rings. The first-order chi connectivity index (χ1) is 27.3. The van der Waals surface area contributed by atoms with E-state index < -0.39 is 49.5 Å². The molecule has 0 bridgehead atoms.